The third kappa shape index (κ3) is 4.48. The minimum Gasteiger partial charge on any atom is -0.495 e. The highest BCUT2D eigenvalue weighted by Crippen LogP contribution is 2.35. The van der Waals surface area contributed by atoms with Gasteiger partial charge in [-0.1, -0.05) is 17.7 Å². The van der Waals surface area contributed by atoms with Gasteiger partial charge in [0.1, 0.15) is 23.9 Å². The van der Waals surface area contributed by atoms with Gasteiger partial charge in [-0.25, -0.2) is 9.97 Å². The zero-order valence-corrected chi connectivity index (χ0v) is 18.8. The smallest absolute Gasteiger partial charge is 0.162 e. The Bertz CT molecular complexity index is 1300. The summed E-state index contributed by atoms with van der Waals surface area (Å²) in [6.45, 7) is 2.15. The van der Waals surface area contributed by atoms with Gasteiger partial charge in [0, 0.05) is 36.3 Å². The highest BCUT2D eigenvalue weighted by Gasteiger charge is 2.19. The van der Waals surface area contributed by atoms with Crippen LogP contribution < -0.4 is 25.8 Å². The van der Waals surface area contributed by atoms with E-state index in [1.54, 1.807) is 25.4 Å². The Balaban J connectivity index is 1.43. The van der Waals surface area contributed by atoms with Crippen LogP contribution in [0.1, 0.15) is 5.69 Å². The zero-order valence-electron chi connectivity index (χ0n) is 18.0. The highest BCUT2D eigenvalue weighted by molar-refractivity contribution is 6.32. The van der Waals surface area contributed by atoms with Crippen molar-refractivity contribution in [2.24, 2.45) is 0 Å². The second kappa shape index (κ2) is 9.09. The van der Waals surface area contributed by atoms with Crippen molar-refractivity contribution < 1.29 is 9.47 Å². The summed E-state index contributed by atoms with van der Waals surface area (Å²) in [6.07, 6.45) is 1.73. The van der Waals surface area contributed by atoms with Crippen molar-refractivity contribution in [3.05, 3.63) is 65.4 Å². The second-order valence-electron chi connectivity index (χ2n) is 7.76. The lowest BCUT2D eigenvalue weighted by Crippen LogP contribution is -2.51. The average Bonchev–Trinajstić information content (AvgIpc) is 2.81. The van der Waals surface area contributed by atoms with Crippen molar-refractivity contribution >= 4 is 34.0 Å². The van der Waals surface area contributed by atoms with Gasteiger partial charge < -0.3 is 25.8 Å². The van der Waals surface area contributed by atoms with Gasteiger partial charge >= 0.3 is 0 Å². The number of hydrogen-bond donors (Lipinski definition) is 3. The summed E-state index contributed by atoms with van der Waals surface area (Å²) >= 11 is 6.47. The standard InChI is InChI=1S/C24H23ClN6O2/c1-32-22-10-19-17(9-20(22)29-16-11-27-12-16)23(26)31-24(30-19)14-5-6-21(18(25)8-14)33-13-15-4-2-3-7-28-15/h2-10,16,27,29H,11-13H2,1H3,(H2,26,30,31). The molecule has 4 aromatic rings. The molecule has 4 N–H and O–H groups in total. The molecule has 168 valence electrons. The monoisotopic (exact) mass is 462 g/mol. The van der Waals surface area contributed by atoms with E-state index in [4.69, 9.17) is 31.8 Å². The lowest BCUT2D eigenvalue weighted by atomic mass is 10.1. The Hall–Kier alpha value is -3.62. The van der Waals surface area contributed by atoms with E-state index in [9.17, 15) is 0 Å². The number of ether oxygens (including phenoxy) is 2. The Labute approximate surface area is 196 Å². The SMILES string of the molecule is COc1cc2nc(-c3ccc(OCc4ccccn4)c(Cl)c3)nc(N)c2cc1NC1CNC1. The molecule has 2 aromatic heterocycles. The van der Waals surface area contributed by atoms with Gasteiger partial charge in [0.05, 0.1) is 35.1 Å². The van der Waals surface area contributed by atoms with E-state index >= 15 is 0 Å². The first-order chi connectivity index (χ1) is 16.1. The van der Waals surface area contributed by atoms with Crippen LogP contribution in [0.4, 0.5) is 11.5 Å². The Morgan fingerprint density at radius 2 is 2.00 bits per heavy atom. The fourth-order valence-corrected chi connectivity index (χ4v) is 3.83. The van der Waals surface area contributed by atoms with Crippen LogP contribution in [0.25, 0.3) is 22.3 Å². The molecule has 3 heterocycles. The number of halogens is 1. The number of rotatable bonds is 7. The van der Waals surface area contributed by atoms with Crippen LogP contribution >= 0.6 is 11.6 Å². The number of nitrogen functional groups attached to an aromatic ring is 1. The molecule has 0 atom stereocenters. The second-order valence-corrected chi connectivity index (χ2v) is 8.16. The van der Waals surface area contributed by atoms with E-state index < -0.39 is 0 Å². The molecule has 2 aromatic carbocycles. The topological polar surface area (TPSA) is 107 Å². The number of anilines is 2. The lowest BCUT2D eigenvalue weighted by molar-refractivity contribution is 0.301. The third-order valence-corrected chi connectivity index (χ3v) is 5.77. The van der Waals surface area contributed by atoms with Crippen LogP contribution in [0.3, 0.4) is 0 Å². The molecule has 0 unspecified atom stereocenters. The van der Waals surface area contributed by atoms with Gasteiger partial charge in [-0.05, 0) is 36.4 Å². The van der Waals surface area contributed by atoms with Crippen LogP contribution in [0, 0.1) is 0 Å². The summed E-state index contributed by atoms with van der Waals surface area (Å²) in [5.74, 6) is 2.13. The van der Waals surface area contributed by atoms with Gasteiger partial charge in [-0.3, -0.25) is 4.98 Å². The molecule has 0 spiro atoms. The molecule has 5 rings (SSSR count). The van der Waals surface area contributed by atoms with Gasteiger partial charge in [0.15, 0.2) is 5.82 Å². The molecular formula is C24H23ClN6O2. The summed E-state index contributed by atoms with van der Waals surface area (Å²) in [6, 6.07) is 15.3. The number of nitrogens with two attached hydrogens (primary N) is 1. The van der Waals surface area contributed by atoms with Crippen molar-refractivity contribution in [2.75, 3.05) is 31.2 Å². The summed E-state index contributed by atoms with van der Waals surface area (Å²) in [7, 11) is 1.64. The van der Waals surface area contributed by atoms with Crippen LogP contribution in [0.15, 0.2) is 54.7 Å². The molecule has 0 bridgehead atoms. The van der Waals surface area contributed by atoms with Crippen LogP contribution in [0.2, 0.25) is 5.02 Å². The van der Waals surface area contributed by atoms with Crippen molar-refractivity contribution in [2.45, 2.75) is 12.6 Å². The molecular weight excluding hydrogens is 440 g/mol. The number of benzene rings is 2. The minimum absolute atomic E-state index is 0.326. The first-order valence-corrected chi connectivity index (χ1v) is 10.9. The van der Waals surface area contributed by atoms with E-state index in [1.807, 2.05) is 36.4 Å². The molecule has 8 nitrogen and oxygen atoms in total. The van der Waals surface area contributed by atoms with Crippen molar-refractivity contribution in [3.63, 3.8) is 0 Å². The number of hydrogen-bond acceptors (Lipinski definition) is 8. The zero-order chi connectivity index (χ0) is 22.8. The number of aromatic nitrogens is 3. The number of methoxy groups -OCH3 is 1. The summed E-state index contributed by atoms with van der Waals surface area (Å²) in [5.41, 5.74) is 9.44. The summed E-state index contributed by atoms with van der Waals surface area (Å²) in [5, 5.41) is 7.92. The normalized spacial score (nSPS) is 13.5. The van der Waals surface area contributed by atoms with E-state index in [0.29, 0.717) is 46.3 Å². The number of fused-ring (bicyclic) bond motifs is 1. The Morgan fingerprint density at radius 3 is 2.70 bits per heavy atom. The van der Waals surface area contributed by atoms with Crippen LogP contribution in [0.5, 0.6) is 11.5 Å². The fourth-order valence-electron chi connectivity index (χ4n) is 3.59. The molecule has 1 saturated heterocycles. The molecule has 0 amide bonds. The van der Waals surface area contributed by atoms with E-state index in [0.717, 1.165) is 35.4 Å². The Kier molecular flexibility index (Phi) is 5.85. The predicted molar refractivity (Wildman–Crippen MR) is 130 cm³/mol. The maximum atomic E-state index is 6.47. The van der Waals surface area contributed by atoms with E-state index in [1.165, 1.54) is 0 Å². The van der Waals surface area contributed by atoms with Crippen LogP contribution in [-0.4, -0.2) is 41.2 Å². The quantitative estimate of drug-likeness (QED) is 0.379. The first-order valence-electron chi connectivity index (χ1n) is 10.6. The molecule has 1 fully saturated rings. The lowest BCUT2D eigenvalue weighted by Gasteiger charge is -2.29. The molecule has 33 heavy (non-hydrogen) atoms. The van der Waals surface area contributed by atoms with Crippen LogP contribution in [-0.2, 0) is 6.61 Å². The third-order valence-electron chi connectivity index (χ3n) is 5.48. The molecule has 0 saturated carbocycles. The van der Waals surface area contributed by atoms with Gasteiger partial charge in [-0.2, -0.15) is 0 Å². The van der Waals surface area contributed by atoms with Crippen molar-refractivity contribution in [1.29, 1.82) is 0 Å². The van der Waals surface area contributed by atoms with Gasteiger partial charge in [0.2, 0.25) is 0 Å². The predicted octanol–water partition coefficient (Wildman–Crippen LogP) is 3.90. The molecule has 0 aliphatic carbocycles. The number of nitrogens with zero attached hydrogens (tertiary/aromatic N) is 3. The largest absolute Gasteiger partial charge is 0.495 e. The minimum atomic E-state index is 0.326. The van der Waals surface area contributed by atoms with Crippen molar-refractivity contribution in [1.82, 2.24) is 20.3 Å². The number of pyridine rings is 1. The van der Waals surface area contributed by atoms with E-state index in [2.05, 4.69) is 20.6 Å². The first kappa shape index (κ1) is 21.2. The van der Waals surface area contributed by atoms with E-state index in [-0.39, 0.29) is 0 Å². The Morgan fingerprint density at radius 1 is 1.12 bits per heavy atom. The maximum absolute atomic E-state index is 6.47. The number of nitrogens with one attached hydrogen (secondary N) is 2. The summed E-state index contributed by atoms with van der Waals surface area (Å²) < 4.78 is 11.4. The summed E-state index contributed by atoms with van der Waals surface area (Å²) in [4.78, 5) is 13.5. The highest BCUT2D eigenvalue weighted by atomic mass is 35.5. The average molecular weight is 463 g/mol. The molecule has 1 aliphatic heterocycles. The van der Waals surface area contributed by atoms with Gasteiger partial charge in [-0.15, -0.1) is 0 Å². The molecule has 0 radical (unpaired) electrons. The van der Waals surface area contributed by atoms with Gasteiger partial charge in [0.25, 0.3) is 0 Å². The van der Waals surface area contributed by atoms with Crippen molar-refractivity contribution in [3.8, 4) is 22.9 Å². The molecule has 1 aliphatic rings. The maximum Gasteiger partial charge on any atom is 0.162 e. The molecule has 9 heteroatoms. The fraction of sp³-hybridized carbons (Fsp3) is 0.208.